The number of benzene rings is 3. The van der Waals surface area contributed by atoms with E-state index in [4.69, 9.17) is 4.74 Å². The van der Waals surface area contributed by atoms with Crippen molar-refractivity contribution in [2.75, 3.05) is 6.54 Å². The minimum atomic E-state index is -1.30. The number of ether oxygens (including phenoxy) is 1. The molecule has 1 fully saturated rings. The van der Waals surface area contributed by atoms with E-state index < -0.39 is 35.3 Å². The largest absolute Gasteiger partial charge is 0.451 e. The number of esters is 1. The summed E-state index contributed by atoms with van der Waals surface area (Å²) < 4.78 is 6.85. The van der Waals surface area contributed by atoms with Gasteiger partial charge in [0, 0.05) is 11.4 Å². The molecule has 3 atom stereocenters. The molecular weight excluding hydrogens is 553 g/mol. The average molecular weight is 579 g/mol. The topological polar surface area (TPSA) is 96.8 Å². The summed E-state index contributed by atoms with van der Waals surface area (Å²) >= 11 is 1.44. The summed E-state index contributed by atoms with van der Waals surface area (Å²) in [6.07, 6.45) is -1.36. The van der Waals surface area contributed by atoms with Crippen LogP contribution in [-0.2, 0) is 19.1 Å². The maximum absolute atomic E-state index is 13.3. The van der Waals surface area contributed by atoms with Gasteiger partial charge in [-0.05, 0) is 37.1 Å². The van der Waals surface area contributed by atoms with Crippen molar-refractivity contribution in [2.45, 2.75) is 42.2 Å². The zero-order valence-electron chi connectivity index (χ0n) is 21.2. The number of β-lactam (4-membered cyclic amide) rings is 1. The van der Waals surface area contributed by atoms with Crippen molar-refractivity contribution in [1.82, 2.24) is 9.88 Å². The molecule has 0 aliphatic carbocycles. The second kappa shape index (κ2) is 11.9. The number of Topliss-reactive ketones (excluding diaryl/α,β-unsaturated/α-hetero) is 1. The second-order valence-corrected chi connectivity index (χ2v) is 12.6. The molecule has 0 radical (unpaired) electrons. The maximum Gasteiger partial charge on any atom is 0.337 e. The fraction of sp³-hybridized carbons (Fsp3) is 0.241. The molecule has 5 rings (SSSR count). The molecule has 1 N–H and O–H groups in total. The van der Waals surface area contributed by atoms with Gasteiger partial charge in [0.15, 0.2) is 17.9 Å². The summed E-state index contributed by atoms with van der Waals surface area (Å²) in [6, 6.07) is 23.1. The van der Waals surface area contributed by atoms with Crippen molar-refractivity contribution in [3.8, 4) is 0 Å². The Morgan fingerprint density at radius 3 is 2.23 bits per heavy atom. The SMILES string of the molecule is CC(=O)C(C(=O)OC(c1ccccc1)c1ccccc1)N1C[C@H](SSc2cccc3sc([C@@H](C)O)nc23)C1=O. The molecule has 1 saturated heterocycles. The van der Waals surface area contributed by atoms with Gasteiger partial charge in [-0.25, -0.2) is 9.78 Å². The lowest BCUT2D eigenvalue weighted by atomic mass is 10.0. The number of rotatable bonds is 10. The molecule has 0 bridgehead atoms. The minimum absolute atomic E-state index is 0.253. The smallest absolute Gasteiger partial charge is 0.337 e. The van der Waals surface area contributed by atoms with Gasteiger partial charge in [0.05, 0.1) is 10.2 Å². The van der Waals surface area contributed by atoms with Crippen LogP contribution in [0.2, 0.25) is 0 Å². The zero-order chi connectivity index (χ0) is 27.5. The third-order valence-corrected chi connectivity index (χ3v) is 10.2. The lowest BCUT2D eigenvalue weighted by molar-refractivity contribution is -0.165. The number of nitrogens with zero attached hydrogens (tertiary/aromatic N) is 2. The molecule has 1 unspecified atom stereocenters. The van der Waals surface area contributed by atoms with Crippen LogP contribution in [0, 0.1) is 0 Å². The fourth-order valence-corrected chi connectivity index (χ4v) is 7.81. The Morgan fingerprint density at radius 2 is 1.67 bits per heavy atom. The number of aromatic nitrogens is 1. The van der Waals surface area contributed by atoms with Gasteiger partial charge in [-0.1, -0.05) is 88.3 Å². The summed E-state index contributed by atoms with van der Waals surface area (Å²) in [5.74, 6) is -1.47. The highest BCUT2D eigenvalue weighted by Crippen LogP contribution is 2.43. The number of ketones is 1. The van der Waals surface area contributed by atoms with E-state index >= 15 is 0 Å². The number of aliphatic hydroxyl groups is 1. The quantitative estimate of drug-likeness (QED) is 0.113. The number of hydrogen-bond donors (Lipinski definition) is 1. The molecule has 4 aromatic rings. The molecule has 39 heavy (non-hydrogen) atoms. The highest BCUT2D eigenvalue weighted by atomic mass is 33.1. The van der Waals surface area contributed by atoms with Gasteiger partial charge in [-0.3, -0.25) is 9.59 Å². The second-order valence-electron chi connectivity index (χ2n) is 9.14. The predicted molar refractivity (Wildman–Crippen MR) is 154 cm³/mol. The molecule has 200 valence electrons. The molecule has 1 amide bonds. The van der Waals surface area contributed by atoms with E-state index in [9.17, 15) is 19.5 Å². The summed E-state index contributed by atoms with van der Waals surface area (Å²) in [5.41, 5.74) is 2.33. The van der Waals surface area contributed by atoms with Crippen molar-refractivity contribution in [2.24, 2.45) is 0 Å². The number of para-hydroxylation sites is 1. The van der Waals surface area contributed by atoms with Gasteiger partial charge in [-0.15, -0.1) is 11.3 Å². The minimum Gasteiger partial charge on any atom is -0.451 e. The molecule has 3 aromatic carbocycles. The molecular formula is C29H26N2O5S3. The van der Waals surface area contributed by atoms with Crippen LogP contribution >= 0.6 is 32.9 Å². The van der Waals surface area contributed by atoms with Crippen molar-refractivity contribution in [3.63, 3.8) is 0 Å². The van der Waals surface area contributed by atoms with Crippen LogP contribution < -0.4 is 0 Å². The van der Waals surface area contributed by atoms with E-state index in [1.165, 1.54) is 44.7 Å². The first kappa shape index (κ1) is 27.4. The molecule has 1 aromatic heterocycles. The fourth-order valence-electron chi connectivity index (χ4n) is 4.30. The van der Waals surface area contributed by atoms with Crippen molar-refractivity contribution in [3.05, 3.63) is 95.0 Å². The average Bonchev–Trinajstić information content (AvgIpc) is 3.39. The van der Waals surface area contributed by atoms with Crippen LogP contribution in [0.5, 0.6) is 0 Å². The number of aliphatic hydroxyl groups excluding tert-OH is 1. The molecule has 1 aliphatic rings. The van der Waals surface area contributed by atoms with Gasteiger partial charge < -0.3 is 14.7 Å². The zero-order valence-corrected chi connectivity index (χ0v) is 23.7. The molecule has 0 spiro atoms. The highest BCUT2D eigenvalue weighted by Gasteiger charge is 2.47. The molecule has 0 saturated carbocycles. The first-order chi connectivity index (χ1) is 18.8. The number of likely N-dealkylation sites (tertiary alicyclic amines) is 1. The first-order valence-corrected chi connectivity index (χ1v) is 15.4. The van der Waals surface area contributed by atoms with E-state index in [1.807, 2.05) is 78.9 Å². The Kier molecular flexibility index (Phi) is 8.37. The van der Waals surface area contributed by atoms with Crippen LogP contribution in [0.4, 0.5) is 0 Å². The highest BCUT2D eigenvalue weighted by molar-refractivity contribution is 8.77. The number of fused-ring (bicyclic) bond motifs is 1. The monoisotopic (exact) mass is 578 g/mol. The molecule has 10 heteroatoms. The maximum atomic E-state index is 13.3. The Balaban J connectivity index is 1.27. The van der Waals surface area contributed by atoms with E-state index in [1.54, 1.807) is 6.92 Å². The third-order valence-electron chi connectivity index (χ3n) is 6.29. The number of hydrogen-bond acceptors (Lipinski definition) is 9. The third kappa shape index (κ3) is 5.89. The van der Waals surface area contributed by atoms with Crippen LogP contribution in [-0.4, -0.2) is 50.5 Å². The molecule has 2 heterocycles. The van der Waals surface area contributed by atoms with Gasteiger partial charge in [-0.2, -0.15) is 0 Å². The summed E-state index contributed by atoms with van der Waals surface area (Å²) in [7, 11) is 2.80. The van der Waals surface area contributed by atoms with E-state index in [-0.39, 0.29) is 12.5 Å². The lowest BCUT2D eigenvalue weighted by Gasteiger charge is -2.41. The number of thiazole rings is 1. The summed E-state index contributed by atoms with van der Waals surface area (Å²) in [6.45, 7) is 3.24. The number of carbonyl (C=O) groups excluding carboxylic acids is 3. The van der Waals surface area contributed by atoms with Gasteiger partial charge in [0.25, 0.3) is 0 Å². The number of carbonyl (C=O) groups is 3. The Morgan fingerprint density at radius 1 is 1.03 bits per heavy atom. The Bertz CT molecular complexity index is 1450. The normalized spacial score (nSPS) is 16.7. The van der Waals surface area contributed by atoms with E-state index in [0.717, 1.165) is 26.2 Å². The van der Waals surface area contributed by atoms with Gasteiger partial charge >= 0.3 is 5.97 Å². The van der Waals surface area contributed by atoms with Crippen LogP contribution in [0.1, 0.15) is 42.2 Å². The van der Waals surface area contributed by atoms with E-state index in [2.05, 4.69) is 4.98 Å². The summed E-state index contributed by atoms with van der Waals surface area (Å²) in [4.78, 5) is 45.8. The van der Waals surface area contributed by atoms with Crippen molar-refractivity contribution in [1.29, 1.82) is 0 Å². The summed E-state index contributed by atoms with van der Waals surface area (Å²) in [5, 5.41) is 10.1. The van der Waals surface area contributed by atoms with Crippen molar-refractivity contribution < 1.29 is 24.2 Å². The Labute approximate surface area is 238 Å². The van der Waals surface area contributed by atoms with Gasteiger partial charge in [0.2, 0.25) is 5.91 Å². The molecule has 7 nitrogen and oxygen atoms in total. The van der Waals surface area contributed by atoms with Crippen LogP contribution in [0.25, 0.3) is 10.2 Å². The predicted octanol–water partition coefficient (Wildman–Crippen LogP) is 5.59. The Hall–Kier alpha value is -3.18. The first-order valence-electron chi connectivity index (χ1n) is 12.4. The standard InChI is InChI=1S/C29H26N2O5S3/c1-17(32)25(29(35)36-26(19-10-5-3-6-11-19)20-12-7-4-8-13-20)31-16-23(28(31)34)39-38-22-15-9-14-21-24(22)30-27(37-21)18(2)33/h3-15,18,23,25-26,33H,16H2,1-2H3/t18-,23+,25?/m1/s1. The van der Waals surface area contributed by atoms with E-state index in [0.29, 0.717) is 5.01 Å². The van der Waals surface area contributed by atoms with Crippen molar-refractivity contribution >= 4 is 60.8 Å². The lowest BCUT2D eigenvalue weighted by Crippen LogP contribution is -2.63. The van der Waals surface area contributed by atoms with Gasteiger partial charge in [0.1, 0.15) is 16.4 Å². The molecule has 1 aliphatic heterocycles. The van der Waals surface area contributed by atoms with Crippen LogP contribution in [0.3, 0.4) is 0 Å². The van der Waals surface area contributed by atoms with Crippen LogP contribution in [0.15, 0.2) is 83.8 Å². The number of amides is 1.